The van der Waals surface area contributed by atoms with Crippen LogP contribution in [0.15, 0.2) is 24.3 Å². The van der Waals surface area contributed by atoms with E-state index in [4.69, 9.17) is 5.73 Å². The minimum atomic E-state index is -0.215. The third-order valence-electron chi connectivity index (χ3n) is 2.35. The zero-order valence-electron chi connectivity index (χ0n) is 7.08. The van der Waals surface area contributed by atoms with Gasteiger partial charge >= 0.3 is 19.5 Å². The van der Waals surface area contributed by atoms with E-state index in [9.17, 15) is 0 Å². The summed E-state index contributed by atoms with van der Waals surface area (Å²) in [7, 11) is 0. The molecule has 0 heterocycles. The van der Waals surface area contributed by atoms with Crippen molar-refractivity contribution >= 4 is 0 Å². The molecule has 0 unspecified atom stereocenters. The molecule has 1 fully saturated rings. The van der Waals surface area contributed by atoms with Crippen molar-refractivity contribution in [3.05, 3.63) is 41.1 Å². The summed E-state index contributed by atoms with van der Waals surface area (Å²) in [6.07, 6.45) is 2.08. The van der Waals surface area contributed by atoms with E-state index in [1.165, 1.54) is 11.1 Å². The first-order chi connectivity index (χ1) is 5.21. The number of nitrogens with one attached hydrogen (secondary N) is 1. The van der Waals surface area contributed by atoms with E-state index in [1.807, 2.05) is 0 Å². The molecule has 0 spiro atoms. The molecule has 0 atom stereocenters. The smallest absolute Gasteiger partial charge is 0.668 e. The fraction of sp³-hybridized carbons (Fsp3) is 0.400. The van der Waals surface area contributed by atoms with E-state index in [2.05, 4.69) is 31.2 Å². The molecule has 1 aliphatic rings. The first-order valence-electron chi connectivity index (χ1n) is 4.03. The van der Waals surface area contributed by atoms with Crippen LogP contribution in [0.3, 0.4) is 0 Å². The molecule has 0 aliphatic heterocycles. The molecule has 1 N–H and O–H groups in total. The van der Waals surface area contributed by atoms with E-state index in [-0.39, 0.29) is 25.0 Å². The third-order valence-corrected chi connectivity index (χ3v) is 2.35. The fourth-order valence-corrected chi connectivity index (χ4v) is 1.29. The molecule has 1 aromatic rings. The van der Waals surface area contributed by atoms with Gasteiger partial charge in [-0.15, -0.1) is 0 Å². The summed E-state index contributed by atoms with van der Waals surface area (Å²) in [6, 6.07) is 8.33. The summed E-state index contributed by atoms with van der Waals surface area (Å²) in [6.45, 7) is 2.08. The summed E-state index contributed by atoms with van der Waals surface area (Å²) in [5.41, 5.74) is 10.1. The number of hydrogen-bond acceptors (Lipinski definition) is 0. The maximum absolute atomic E-state index is 7.85. The van der Waals surface area contributed by atoms with Gasteiger partial charge in [-0.2, -0.15) is 0 Å². The average Bonchev–Trinajstić information content (AvgIpc) is 2.70. The Bertz CT molecular complexity index is 262. The third kappa shape index (κ3) is 1.76. The van der Waals surface area contributed by atoms with Crippen LogP contribution in [0.25, 0.3) is 5.73 Å². The van der Waals surface area contributed by atoms with Gasteiger partial charge < -0.3 is 5.73 Å². The van der Waals surface area contributed by atoms with Crippen molar-refractivity contribution in [3.63, 3.8) is 0 Å². The summed E-state index contributed by atoms with van der Waals surface area (Å²) in [4.78, 5) is 0. The summed E-state index contributed by atoms with van der Waals surface area (Å²) in [5, 5.41) is 0. The average molecular weight is 247 g/mol. The van der Waals surface area contributed by atoms with E-state index in [1.54, 1.807) is 0 Å². The van der Waals surface area contributed by atoms with Crippen molar-refractivity contribution in [1.29, 1.82) is 0 Å². The van der Waals surface area contributed by atoms with Crippen LogP contribution in [0.5, 0.6) is 0 Å². The van der Waals surface area contributed by atoms with Crippen LogP contribution in [0.1, 0.15) is 24.0 Å². The molecule has 1 saturated carbocycles. The fourth-order valence-electron chi connectivity index (χ4n) is 1.29. The van der Waals surface area contributed by atoms with Gasteiger partial charge in [-0.3, -0.25) is 0 Å². The second kappa shape index (κ2) is 3.28. The molecule has 2 rings (SSSR count). The molecule has 1 nitrogen and oxygen atoms in total. The van der Waals surface area contributed by atoms with Crippen LogP contribution < -0.4 is 0 Å². The zero-order chi connectivity index (χ0) is 7.90. The number of rotatable bonds is 1. The van der Waals surface area contributed by atoms with Crippen molar-refractivity contribution in [2.75, 3.05) is 0 Å². The van der Waals surface area contributed by atoms with Crippen molar-refractivity contribution in [2.24, 2.45) is 0 Å². The molecule has 1 aromatic carbocycles. The molecule has 1 aliphatic carbocycles. The Kier molecular flexibility index (Phi) is 2.70. The van der Waals surface area contributed by atoms with E-state index in [0.717, 1.165) is 12.8 Å². The Morgan fingerprint density at radius 2 is 1.67 bits per heavy atom. The molecule has 12 heavy (non-hydrogen) atoms. The van der Waals surface area contributed by atoms with Crippen LogP contribution >= 0.6 is 0 Å². The van der Waals surface area contributed by atoms with Crippen LogP contribution in [-0.2, 0) is 25.0 Å². The van der Waals surface area contributed by atoms with Gasteiger partial charge in [-0.05, 0) is 6.92 Å². The van der Waals surface area contributed by atoms with E-state index in [0.29, 0.717) is 0 Å². The van der Waals surface area contributed by atoms with Gasteiger partial charge in [-0.25, -0.2) is 0 Å². The standard InChI is InChI=1S/C10H12N.Ru/c1-8-2-4-9(5-3-8)10(11)6-7-10;/h2-5,11H,6-7H2,1H3;/q-1;+1. The van der Waals surface area contributed by atoms with Gasteiger partial charge in [0.15, 0.2) is 0 Å². The summed E-state index contributed by atoms with van der Waals surface area (Å²) < 4.78 is 0. The maximum atomic E-state index is 7.85. The largest absolute Gasteiger partial charge is 1.00 e. The molecule has 0 saturated heterocycles. The van der Waals surface area contributed by atoms with Crippen molar-refractivity contribution < 1.29 is 19.5 Å². The Morgan fingerprint density at radius 3 is 2.08 bits per heavy atom. The Labute approximate surface area is 86.1 Å². The minimum Gasteiger partial charge on any atom is -0.668 e. The van der Waals surface area contributed by atoms with Gasteiger partial charge in [0.25, 0.3) is 0 Å². The number of aryl methyl sites for hydroxylation is 1. The van der Waals surface area contributed by atoms with E-state index >= 15 is 0 Å². The van der Waals surface area contributed by atoms with Crippen LogP contribution in [0.2, 0.25) is 0 Å². The SMILES string of the molecule is Cc1ccc(C2([NH-])CC2)cc1.[Ru+]. The second-order valence-corrected chi connectivity index (χ2v) is 3.45. The molecule has 0 bridgehead atoms. The van der Waals surface area contributed by atoms with Gasteiger partial charge in [0.05, 0.1) is 0 Å². The van der Waals surface area contributed by atoms with E-state index < -0.39 is 0 Å². The zero-order valence-corrected chi connectivity index (χ0v) is 8.82. The molecule has 0 amide bonds. The predicted octanol–water partition coefficient (Wildman–Crippen LogP) is 3.03. The van der Waals surface area contributed by atoms with Gasteiger partial charge in [0.2, 0.25) is 0 Å². The van der Waals surface area contributed by atoms with Crippen molar-refractivity contribution in [3.8, 4) is 0 Å². The molecule has 65 valence electrons. The monoisotopic (exact) mass is 248 g/mol. The second-order valence-electron chi connectivity index (χ2n) is 3.45. The molecule has 0 aromatic heterocycles. The Balaban J connectivity index is 0.000000720. The quantitative estimate of drug-likeness (QED) is 0.681. The Hall–Kier alpha value is -0.197. The Morgan fingerprint density at radius 1 is 1.17 bits per heavy atom. The number of hydrogen-bond donors (Lipinski definition) is 0. The number of benzene rings is 1. The van der Waals surface area contributed by atoms with Crippen LogP contribution in [-0.4, -0.2) is 0 Å². The van der Waals surface area contributed by atoms with Crippen molar-refractivity contribution in [1.82, 2.24) is 0 Å². The molecular weight excluding hydrogens is 235 g/mol. The summed E-state index contributed by atoms with van der Waals surface area (Å²) >= 11 is 0. The van der Waals surface area contributed by atoms with Crippen molar-refractivity contribution in [2.45, 2.75) is 25.3 Å². The van der Waals surface area contributed by atoms with Crippen LogP contribution in [0, 0.1) is 6.92 Å². The van der Waals surface area contributed by atoms with Gasteiger partial charge in [0.1, 0.15) is 0 Å². The van der Waals surface area contributed by atoms with Gasteiger partial charge in [0, 0.05) is 0 Å². The minimum absolute atomic E-state index is 0. The summed E-state index contributed by atoms with van der Waals surface area (Å²) in [5.74, 6) is 0. The predicted molar refractivity (Wildman–Crippen MR) is 46.4 cm³/mol. The first kappa shape index (κ1) is 9.89. The molecular formula is C10H12NRu. The topological polar surface area (TPSA) is 23.8 Å². The maximum Gasteiger partial charge on any atom is 1.00 e. The van der Waals surface area contributed by atoms with Crippen LogP contribution in [0.4, 0.5) is 0 Å². The molecule has 2 heteroatoms. The van der Waals surface area contributed by atoms with Gasteiger partial charge in [-0.1, -0.05) is 53.8 Å². The molecule has 1 radical (unpaired) electrons. The first-order valence-corrected chi connectivity index (χ1v) is 4.03. The normalized spacial score (nSPS) is 18.2.